The third kappa shape index (κ3) is 3.36. The molecule has 0 saturated carbocycles. The minimum absolute atomic E-state index is 0.173. The van der Waals surface area contributed by atoms with Crippen LogP contribution < -0.4 is 10.1 Å². The number of halogens is 3. The van der Waals surface area contributed by atoms with Crippen molar-refractivity contribution in [3.63, 3.8) is 0 Å². The molecule has 7 heteroatoms. The largest absolute Gasteiger partial charge is 0.493 e. The summed E-state index contributed by atoms with van der Waals surface area (Å²) in [5.74, 6) is -1.81. The summed E-state index contributed by atoms with van der Waals surface area (Å²) < 4.78 is 32.9. The minimum atomic E-state index is -0.934. The summed E-state index contributed by atoms with van der Waals surface area (Å²) in [5, 5.41) is 2.92. The van der Waals surface area contributed by atoms with E-state index in [2.05, 4.69) is 10.3 Å². The van der Waals surface area contributed by atoms with Crippen molar-refractivity contribution in [1.82, 2.24) is 4.98 Å². The molecule has 2 aromatic carbocycles. The molecule has 0 fully saturated rings. The summed E-state index contributed by atoms with van der Waals surface area (Å²) in [6, 6.07) is 10.2. The molecule has 0 radical (unpaired) electrons. The molecule has 1 aliphatic rings. The summed E-state index contributed by atoms with van der Waals surface area (Å²) >= 11 is 6.32. The van der Waals surface area contributed by atoms with Crippen molar-refractivity contribution in [3.05, 3.63) is 76.4 Å². The molecule has 0 saturated heterocycles. The summed E-state index contributed by atoms with van der Waals surface area (Å²) in [6.45, 7) is 0.630. The van der Waals surface area contributed by atoms with Crippen LogP contribution in [0.3, 0.4) is 0 Å². The van der Waals surface area contributed by atoms with E-state index in [-0.39, 0.29) is 5.82 Å². The fourth-order valence-electron chi connectivity index (χ4n) is 2.94. The van der Waals surface area contributed by atoms with Gasteiger partial charge in [-0.25, -0.2) is 13.8 Å². The Morgan fingerprint density at radius 2 is 1.93 bits per heavy atom. The highest BCUT2D eigenvalue weighted by Crippen LogP contribution is 2.36. The number of aromatic nitrogens is 1. The number of nitrogens with one attached hydrogen (secondary N) is 1. The number of benzene rings is 2. The second-order valence-electron chi connectivity index (χ2n) is 6.02. The van der Waals surface area contributed by atoms with E-state index in [0.717, 1.165) is 41.0 Å². The molecule has 1 aliphatic heterocycles. The molecule has 0 spiro atoms. The smallest absolute Gasteiger partial charge is 0.262 e. The van der Waals surface area contributed by atoms with Crippen LogP contribution in [0.15, 0.2) is 48.7 Å². The van der Waals surface area contributed by atoms with Crippen LogP contribution in [0.4, 0.5) is 14.6 Å². The molecule has 4 rings (SSSR count). The maximum atomic E-state index is 13.7. The van der Waals surface area contributed by atoms with Crippen LogP contribution in [0.1, 0.15) is 15.9 Å². The monoisotopic (exact) mass is 386 g/mol. The van der Waals surface area contributed by atoms with Gasteiger partial charge in [0.2, 0.25) is 0 Å². The fourth-order valence-corrected chi connectivity index (χ4v) is 3.21. The quantitative estimate of drug-likeness (QED) is 0.698. The Morgan fingerprint density at radius 3 is 2.63 bits per heavy atom. The van der Waals surface area contributed by atoms with E-state index in [4.69, 9.17) is 16.3 Å². The van der Waals surface area contributed by atoms with Crippen LogP contribution >= 0.6 is 11.6 Å². The van der Waals surface area contributed by atoms with Crippen molar-refractivity contribution in [3.8, 4) is 16.9 Å². The van der Waals surface area contributed by atoms with Gasteiger partial charge in [0.15, 0.2) is 0 Å². The van der Waals surface area contributed by atoms with Crippen molar-refractivity contribution in [2.45, 2.75) is 6.42 Å². The summed E-state index contributed by atoms with van der Waals surface area (Å²) in [4.78, 5) is 16.3. The molecule has 0 aliphatic carbocycles. The number of fused-ring (bicyclic) bond motifs is 1. The number of anilines is 1. The van der Waals surface area contributed by atoms with E-state index in [1.165, 1.54) is 12.3 Å². The second kappa shape index (κ2) is 6.96. The molecule has 3 aromatic rings. The first-order valence-electron chi connectivity index (χ1n) is 8.20. The van der Waals surface area contributed by atoms with Crippen LogP contribution in [-0.4, -0.2) is 17.5 Å². The standard InChI is InChI=1S/C20H13ClF2N2O2/c21-14-9-17-11(6-7-27-17)8-13(14)12-4-5-18(24-10-12)25-20(26)19-15(22)2-1-3-16(19)23/h1-5,8-10H,6-7H2,(H,24,25,26). The van der Waals surface area contributed by atoms with E-state index in [1.807, 2.05) is 6.07 Å². The zero-order valence-corrected chi connectivity index (χ0v) is 14.7. The predicted molar refractivity (Wildman–Crippen MR) is 98.2 cm³/mol. The highest BCUT2D eigenvalue weighted by atomic mass is 35.5. The molecule has 2 heterocycles. The van der Waals surface area contributed by atoms with E-state index < -0.39 is 23.1 Å². The third-order valence-electron chi connectivity index (χ3n) is 4.29. The van der Waals surface area contributed by atoms with Gasteiger partial charge in [-0.3, -0.25) is 4.79 Å². The molecule has 136 valence electrons. The van der Waals surface area contributed by atoms with Gasteiger partial charge in [0.1, 0.15) is 28.8 Å². The van der Waals surface area contributed by atoms with E-state index in [1.54, 1.807) is 18.2 Å². The number of ether oxygens (including phenoxy) is 1. The number of hydrogen-bond acceptors (Lipinski definition) is 3. The third-order valence-corrected chi connectivity index (χ3v) is 4.60. The summed E-state index contributed by atoms with van der Waals surface area (Å²) in [7, 11) is 0. The maximum Gasteiger partial charge on any atom is 0.262 e. The molecule has 0 unspecified atom stereocenters. The Balaban J connectivity index is 1.57. The molecule has 1 aromatic heterocycles. The normalized spacial score (nSPS) is 12.4. The fraction of sp³-hybridized carbons (Fsp3) is 0.100. The lowest BCUT2D eigenvalue weighted by Gasteiger charge is -2.09. The number of rotatable bonds is 3. The Kier molecular flexibility index (Phi) is 4.49. The van der Waals surface area contributed by atoms with E-state index in [9.17, 15) is 13.6 Å². The van der Waals surface area contributed by atoms with Gasteiger partial charge in [-0.05, 0) is 42.0 Å². The Labute approximate surface area is 158 Å². The van der Waals surface area contributed by atoms with Crippen LogP contribution in [0, 0.1) is 11.6 Å². The number of hydrogen-bond donors (Lipinski definition) is 1. The van der Waals surface area contributed by atoms with E-state index in [0.29, 0.717) is 11.6 Å². The first kappa shape index (κ1) is 17.4. The Hall–Kier alpha value is -2.99. The lowest BCUT2D eigenvalue weighted by atomic mass is 10.0. The first-order chi connectivity index (χ1) is 13.0. The van der Waals surface area contributed by atoms with Crippen molar-refractivity contribution in [1.29, 1.82) is 0 Å². The van der Waals surface area contributed by atoms with Gasteiger partial charge < -0.3 is 10.1 Å². The zero-order valence-electron chi connectivity index (χ0n) is 13.9. The molecular formula is C20H13ClF2N2O2. The van der Waals surface area contributed by atoms with Gasteiger partial charge >= 0.3 is 0 Å². The van der Waals surface area contributed by atoms with Gasteiger partial charge in [-0.1, -0.05) is 17.7 Å². The number of nitrogens with zero attached hydrogens (tertiary/aromatic N) is 1. The molecule has 1 N–H and O–H groups in total. The van der Waals surface area contributed by atoms with Gasteiger partial charge in [0.05, 0.1) is 11.6 Å². The van der Waals surface area contributed by atoms with Crippen molar-refractivity contribution in [2.24, 2.45) is 0 Å². The highest BCUT2D eigenvalue weighted by molar-refractivity contribution is 6.33. The highest BCUT2D eigenvalue weighted by Gasteiger charge is 2.18. The maximum absolute atomic E-state index is 13.7. The summed E-state index contributed by atoms with van der Waals surface area (Å²) in [5.41, 5.74) is 1.98. The molecule has 27 heavy (non-hydrogen) atoms. The molecular weight excluding hydrogens is 374 g/mol. The number of carbonyl (C=O) groups excluding carboxylic acids is 1. The predicted octanol–water partition coefficient (Wildman–Crippen LogP) is 4.87. The first-order valence-corrected chi connectivity index (χ1v) is 8.58. The molecule has 0 atom stereocenters. The van der Waals surface area contributed by atoms with Gasteiger partial charge in [-0.2, -0.15) is 0 Å². The van der Waals surface area contributed by atoms with Crippen molar-refractivity contribution in [2.75, 3.05) is 11.9 Å². The van der Waals surface area contributed by atoms with E-state index >= 15 is 0 Å². The lowest BCUT2D eigenvalue weighted by Crippen LogP contribution is -2.16. The van der Waals surface area contributed by atoms with Crippen molar-refractivity contribution >= 4 is 23.3 Å². The van der Waals surface area contributed by atoms with Crippen LogP contribution in [-0.2, 0) is 6.42 Å². The van der Waals surface area contributed by atoms with Gasteiger partial charge in [0.25, 0.3) is 5.91 Å². The molecule has 1 amide bonds. The topological polar surface area (TPSA) is 51.2 Å². The van der Waals surface area contributed by atoms with Crippen molar-refractivity contribution < 1.29 is 18.3 Å². The number of pyridine rings is 1. The average Bonchev–Trinajstić information content (AvgIpc) is 3.09. The van der Waals surface area contributed by atoms with Crippen LogP contribution in [0.2, 0.25) is 5.02 Å². The molecule has 4 nitrogen and oxygen atoms in total. The average molecular weight is 387 g/mol. The molecule has 0 bridgehead atoms. The number of amides is 1. The SMILES string of the molecule is O=C(Nc1ccc(-c2cc3c(cc2Cl)OCC3)cn1)c1c(F)cccc1F. The van der Waals surface area contributed by atoms with Gasteiger partial charge in [-0.15, -0.1) is 0 Å². The number of carbonyl (C=O) groups is 1. The second-order valence-corrected chi connectivity index (χ2v) is 6.43. The van der Waals surface area contributed by atoms with Crippen LogP contribution in [0.5, 0.6) is 5.75 Å². The van der Waals surface area contributed by atoms with Crippen LogP contribution in [0.25, 0.3) is 11.1 Å². The Bertz CT molecular complexity index is 1020. The summed E-state index contributed by atoms with van der Waals surface area (Å²) in [6.07, 6.45) is 2.35. The zero-order chi connectivity index (χ0) is 19.0. The van der Waals surface area contributed by atoms with Gasteiger partial charge in [0, 0.05) is 23.7 Å². The Morgan fingerprint density at radius 1 is 1.15 bits per heavy atom. The lowest BCUT2D eigenvalue weighted by molar-refractivity contribution is 0.101. The minimum Gasteiger partial charge on any atom is -0.493 e.